The molecule has 1 unspecified atom stereocenters. The van der Waals surface area contributed by atoms with E-state index in [9.17, 15) is 13.0 Å². The Labute approximate surface area is 115 Å². The molecule has 0 aliphatic carbocycles. The first-order valence-electron chi connectivity index (χ1n) is 6.61. The third kappa shape index (κ3) is 5.89. The van der Waals surface area contributed by atoms with Crippen LogP contribution in [0.4, 0.5) is 0 Å². The molecule has 3 atom stereocenters. The van der Waals surface area contributed by atoms with Crippen molar-refractivity contribution in [3.8, 4) is 0 Å². The molecule has 0 N–H and O–H groups in total. The second kappa shape index (κ2) is 7.15. The standard InChI is InChI=1S/C10H21O7PS/c1-4-15-18(11,16-5-2)8-10-9(6-7-14-10)17-19(3,12)13/h9-10H,4-8H2,1-3H3/t9-,10+/m0/s1/i7T/t7?,9-,10+. The van der Waals surface area contributed by atoms with Gasteiger partial charge in [0, 0.05) is 13.0 Å². The van der Waals surface area contributed by atoms with E-state index < -0.39 is 36.5 Å². The van der Waals surface area contributed by atoms with E-state index in [0.29, 0.717) is 0 Å². The highest BCUT2D eigenvalue weighted by Gasteiger charge is 2.39. The smallest absolute Gasteiger partial charge is 0.333 e. The molecule has 0 aromatic heterocycles. The molecule has 1 rings (SSSR count). The number of rotatable bonds is 8. The van der Waals surface area contributed by atoms with Crippen molar-refractivity contribution in [2.75, 3.05) is 32.2 Å². The van der Waals surface area contributed by atoms with E-state index in [1.165, 1.54) is 0 Å². The molecule has 1 aliphatic heterocycles. The predicted octanol–water partition coefficient (Wildman–Crippen LogP) is 1.39. The highest BCUT2D eigenvalue weighted by Crippen LogP contribution is 2.50. The minimum absolute atomic E-state index is 0.0932. The van der Waals surface area contributed by atoms with Gasteiger partial charge in [0.2, 0.25) is 0 Å². The Morgan fingerprint density at radius 3 is 2.42 bits per heavy atom. The Kier molecular flexibility index (Phi) is 5.80. The molecule has 0 aromatic rings. The second-order valence-corrected chi connectivity index (χ2v) is 7.75. The van der Waals surface area contributed by atoms with E-state index in [2.05, 4.69) is 0 Å². The van der Waals surface area contributed by atoms with Crippen molar-refractivity contribution in [3.63, 3.8) is 0 Å². The topological polar surface area (TPSA) is 88.1 Å². The summed E-state index contributed by atoms with van der Waals surface area (Å²) in [5, 5.41) is 0. The van der Waals surface area contributed by atoms with Crippen molar-refractivity contribution in [3.05, 3.63) is 0 Å². The van der Waals surface area contributed by atoms with E-state index in [1.54, 1.807) is 13.8 Å². The van der Waals surface area contributed by atoms with Crippen LogP contribution < -0.4 is 0 Å². The Balaban J connectivity index is 2.78. The van der Waals surface area contributed by atoms with Gasteiger partial charge in [0.1, 0.15) is 6.10 Å². The molecular formula is C10H21O7PS. The monoisotopic (exact) mass is 318 g/mol. The first kappa shape index (κ1) is 15.4. The van der Waals surface area contributed by atoms with E-state index in [0.717, 1.165) is 6.26 Å². The van der Waals surface area contributed by atoms with Crippen LogP contribution in [0.25, 0.3) is 0 Å². The molecule has 19 heavy (non-hydrogen) atoms. The van der Waals surface area contributed by atoms with Crippen molar-refractivity contribution in [2.45, 2.75) is 32.5 Å². The molecule has 0 saturated carbocycles. The zero-order valence-electron chi connectivity index (χ0n) is 12.3. The largest absolute Gasteiger partial charge is 0.375 e. The van der Waals surface area contributed by atoms with Crippen LogP contribution in [-0.2, 0) is 32.7 Å². The van der Waals surface area contributed by atoms with Gasteiger partial charge in [-0.05, 0) is 13.8 Å². The van der Waals surface area contributed by atoms with Gasteiger partial charge in [-0.1, -0.05) is 0 Å². The Morgan fingerprint density at radius 2 is 1.95 bits per heavy atom. The lowest BCUT2D eigenvalue weighted by Gasteiger charge is -2.23. The van der Waals surface area contributed by atoms with Crippen molar-refractivity contribution < 1.29 is 32.3 Å². The zero-order valence-corrected chi connectivity index (χ0v) is 13.0. The lowest BCUT2D eigenvalue weighted by atomic mass is 10.2. The molecule has 1 saturated heterocycles. The van der Waals surface area contributed by atoms with Crippen LogP contribution >= 0.6 is 7.60 Å². The highest BCUT2D eigenvalue weighted by atomic mass is 32.2. The molecule has 0 bridgehead atoms. The Morgan fingerprint density at radius 1 is 1.37 bits per heavy atom. The minimum atomic E-state index is -3.68. The minimum Gasteiger partial charge on any atom is -0.375 e. The van der Waals surface area contributed by atoms with Crippen LogP contribution in [0.3, 0.4) is 0 Å². The van der Waals surface area contributed by atoms with E-state index in [-0.39, 0.29) is 25.8 Å². The van der Waals surface area contributed by atoms with Crippen LogP contribution in [0.1, 0.15) is 21.6 Å². The van der Waals surface area contributed by atoms with Crippen LogP contribution in [0.2, 0.25) is 0 Å². The summed E-state index contributed by atoms with van der Waals surface area (Å²) >= 11 is 0. The van der Waals surface area contributed by atoms with Crippen molar-refractivity contribution in [1.82, 2.24) is 0 Å². The summed E-state index contributed by atoms with van der Waals surface area (Å²) in [6.07, 6.45) is -0.774. The average molecular weight is 318 g/mol. The summed E-state index contributed by atoms with van der Waals surface area (Å²) in [4.78, 5) is 0. The van der Waals surface area contributed by atoms with Gasteiger partial charge in [-0.3, -0.25) is 8.75 Å². The molecule has 0 aromatic carbocycles. The van der Waals surface area contributed by atoms with Gasteiger partial charge in [-0.2, -0.15) is 8.42 Å². The Hall–Kier alpha value is 0.0200. The second-order valence-electron chi connectivity index (χ2n) is 4.04. The number of hydrogen-bond acceptors (Lipinski definition) is 7. The molecule has 1 heterocycles. The SMILES string of the molecule is [3H]C1C[C@H](OS(C)(=O)=O)[C@@H](CP(=O)(OCC)OCC)O1. The molecule has 114 valence electrons. The Bertz CT molecular complexity index is 445. The van der Waals surface area contributed by atoms with Gasteiger partial charge in [0.25, 0.3) is 10.1 Å². The van der Waals surface area contributed by atoms with Gasteiger partial charge >= 0.3 is 7.60 Å². The van der Waals surface area contributed by atoms with Crippen LogP contribution in [0.15, 0.2) is 0 Å². The van der Waals surface area contributed by atoms with Gasteiger partial charge in [-0.15, -0.1) is 0 Å². The molecule has 0 amide bonds. The van der Waals surface area contributed by atoms with Crippen molar-refractivity contribution in [1.29, 1.82) is 0 Å². The summed E-state index contributed by atoms with van der Waals surface area (Å²) < 4.78 is 62.7. The number of ether oxygens (including phenoxy) is 1. The third-order valence-corrected chi connectivity index (χ3v) is 5.07. The van der Waals surface area contributed by atoms with Gasteiger partial charge in [-0.25, -0.2) is 0 Å². The van der Waals surface area contributed by atoms with Crippen LogP contribution in [-0.4, -0.2) is 52.8 Å². The summed E-state index contributed by atoms with van der Waals surface area (Å²) in [6, 6.07) is 0. The van der Waals surface area contributed by atoms with Crippen LogP contribution in [0, 0.1) is 0 Å². The molecule has 1 aliphatic rings. The lowest BCUT2D eigenvalue weighted by Crippen LogP contribution is -2.30. The van der Waals surface area contributed by atoms with E-state index in [1.807, 2.05) is 0 Å². The molecule has 0 spiro atoms. The maximum atomic E-state index is 12.4. The first-order chi connectivity index (χ1) is 9.19. The van der Waals surface area contributed by atoms with E-state index in [4.69, 9.17) is 19.3 Å². The van der Waals surface area contributed by atoms with Crippen LogP contribution in [0.5, 0.6) is 0 Å². The fraction of sp³-hybridized carbons (Fsp3) is 1.00. The van der Waals surface area contributed by atoms with Crippen molar-refractivity contribution in [2.24, 2.45) is 0 Å². The molecule has 9 heteroatoms. The maximum Gasteiger partial charge on any atom is 0.333 e. The van der Waals surface area contributed by atoms with Gasteiger partial charge in [0.05, 0.1) is 33.1 Å². The summed E-state index contributed by atoms with van der Waals surface area (Å²) in [5.41, 5.74) is 0. The lowest BCUT2D eigenvalue weighted by molar-refractivity contribution is 0.0660. The third-order valence-electron chi connectivity index (χ3n) is 2.37. The highest BCUT2D eigenvalue weighted by molar-refractivity contribution is 7.86. The fourth-order valence-corrected chi connectivity index (χ4v) is 4.24. The molecular weight excluding hydrogens is 295 g/mol. The predicted molar refractivity (Wildman–Crippen MR) is 69.8 cm³/mol. The quantitative estimate of drug-likeness (QED) is 0.493. The zero-order chi connectivity index (χ0) is 15.4. The van der Waals surface area contributed by atoms with E-state index >= 15 is 0 Å². The normalized spacial score (nSPS) is 29.4. The van der Waals surface area contributed by atoms with Crippen molar-refractivity contribution >= 4 is 17.7 Å². The summed E-state index contributed by atoms with van der Waals surface area (Å²) in [6.45, 7) is 2.85. The molecule has 7 nitrogen and oxygen atoms in total. The first-order valence-corrected chi connectivity index (χ1v) is 9.57. The average Bonchev–Trinajstić information content (AvgIpc) is 2.56. The number of hydrogen-bond donors (Lipinski definition) is 0. The molecule has 1 fully saturated rings. The van der Waals surface area contributed by atoms with Gasteiger partial charge < -0.3 is 13.8 Å². The van der Waals surface area contributed by atoms with Gasteiger partial charge in [0.15, 0.2) is 0 Å². The fourth-order valence-electron chi connectivity index (χ4n) is 1.76. The molecule has 0 radical (unpaired) electrons. The summed E-state index contributed by atoms with van der Waals surface area (Å²) in [7, 11) is -7.06. The maximum absolute atomic E-state index is 12.4. The summed E-state index contributed by atoms with van der Waals surface area (Å²) in [5.74, 6) is 0.